The number of fused-ring (bicyclic) bond motifs is 1. The van der Waals surface area contributed by atoms with Gasteiger partial charge >= 0.3 is 5.97 Å². The highest BCUT2D eigenvalue weighted by molar-refractivity contribution is 7.89. The van der Waals surface area contributed by atoms with Crippen molar-refractivity contribution in [3.63, 3.8) is 0 Å². The Morgan fingerprint density at radius 1 is 1.31 bits per heavy atom. The average Bonchev–Trinajstić information content (AvgIpc) is 3.07. The van der Waals surface area contributed by atoms with E-state index in [-0.39, 0.29) is 37.2 Å². The summed E-state index contributed by atoms with van der Waals surface area (Å²) in [6, 6.07) is -0.821. The van der Waals surface area contributed by atoms with Gasteiger partial charge in [0.2, 0.25) is 15.9 Å². The van der Waals surface area contributed by atoms with Gasteiger partial charge in [-0.1, -0.05) is 13.8 Å². The average molecular weight is 384 g/mol. The summed E-state index contributed by atoms with van der Waals surface area (Å²) >= 11 is 0. The third kappa shape index (κ3) is 3.48. The van der Waals surface area contributed by atoms with Crippen LogP contribution in [0.1, 0.15) is 26.1 Å². The molecule has 0 aromatic carbocycles. The molecule has 9 nitrogen and oxygen atoms in total. The van der Waals surface area contributed by atoms with Crippen molar-refractivity contribution in [3.05, 3.63) is 18.2 Å². The molecule has 144 valence electrons. The number of sulfonamides is 1. The molecule has 3 heterocycles. The minimum atomic E-state index is -3.45. The number of carbonyl (C=O) groups excluding carboxylic acids is 1. The van der Waals surface area contributed by atoms with Gasteiger partial charge in [-0.05, 0) is 12.3 Å². The molecule has 1 amide bonds. The second kappa shape index (κ2) is 6.99. The largest absolute Gasteiger partial charge is 0.481 e. The Hall–Kier alpha value is -1.94. The molecule has 2 unspecified atom stereocenters. The Bertz CT molecular complexity index is 803. The first-order chi connectivity index (χ1) is 12.2. The fourth-order valence-electron chi connectivity index (χ4n) is 3.68. The molecule has 1 aromatic rings. The molecule has 1 aromatic heterocycles. The monoisotopic (exact) mass is 384 g/mol. The van der Waals surface area contributed by atoms with E-state index in [1.54, 1.807) is 17.0 Å². The number of carboxylic acid groups (broad SMARTS) is 1. The maximum absolute atomic E-state index is 13.3. The van der Waals surface area contributed by atoms with E-state index in [2.05, 4.69) is 4.98 Å². The van der Waals surface area contributed by atoms with Crippen LogP contribution in [0.5, 0.6) is 0 Å². The van der Waals surface area contributed by atoms with E-state index in [4.69, 9.17) is 0 Å². The SMILES string of the molecule is CC(C)C(C(=O)N1Cc2nccn2CC(C(=O)O)C1)N1CCCS1(=O)=O. The van der Waals surface area contributed by atoms with Gasteiger partial charge in [-0.3, -0.25) is 9.59 Å². The van der Waals surface area contributed by atoms with E-state index in [0.29, 0.717) is 18.8 Å². The lowest BCUT2D eigenvalue weighted by molar-refractivity contribution is -0.145. The fraction of sp³-hybridized carbons (Fsp3) is 0.688. The van der Waals surface area contributed by atoms with Gasteiger partial charge in [0, 0.05) is 32.0 Å². The summed E-state index contributed by atoms with van der Waals surface area (Å²) in [5.41, 5.74) is 0. The minimum Gasteiger partial charge on any atom is -0.481 e. The van der Waals surface area contributed by atoms with Crippen LogP contribution in [0.2, 0.25) is 0 Å². The zero-order chi connectivity index (χ0) is 19.1. The minimum absolute atomic E-state index is 0.0363. The molecule has 3 rings (SSSR count). The van der Waals surface area contributed by atoms with Crippen molar-refractivity contribution < 1.29 is 23.1 Å². The zero-order valence-electron chi connectivity index (χ0n) is 14.9. The highest BCUT2D eigenvalue weighted by atomic mass is 32.2. The highest BCUT2D eigenvalue weighted by Crippen LogP contribution is 2.25. The van der Waals surface area contributed by atoms with E-state index in [1.807, 2.05) is 13.8 Å². The van der Waals surface area contributed by atoms with E-state index < -0.39 is 28.0 Å². The van der Waals surface area contributed by atoms with Gasteiger partial charge in [0.25, 0.3) is 0 Å². The molecule has 0 saturated carbocycles. The molecule has 2 aliphatic heterocycles. The van der Waals surface area contributed by atoms with Crippen molar-refractivity contribution in [1.82, 2.24) is 18.8 Å². The van der Waals surface area contributed by atoms with Gasteiger partial charge in [-0.15, -0.1) is 0 Å². The molecule has 0 bridgehead atoms. The summed E-state index contributed by atoms with van der Waals surface area (Å²) in [5.74, 6) is -1.67. The van der Waals surface area contributed by atoms with Crippen LogP contribution in [0.25, 0.3) is 0 Å². The van der Waals surface area contributed by atoms with Crippen molar-refractivity contribution in [3.8, 4) is 0 Å². The number of carboxylic acids is 1. The van der Waals surface area contributed by atoms with Gasteiger partial charge in [-0.25, -0.2) is 13.4 Å². The molecule has 1 N–H and O–H groups in total. The Morgan fingerprint density at radius 3 is 2.62 bits per heavy atom. The number of amides is 1. The van der Waals surface area contributed by atoms with E-state index in [0.717, 1.165) is 0 Å². The third-order valence-electron chi connectivity index (χ3n) is 4.99. The van der Waals surface area contributed by atoms with Crippen molar-refractivity contribution in [2.24, 2.45) is 11.8 Å². The lowest BCUT2D eigenvalue weighted by Crippen LogP contribution is -2.52. The standard InChI is InChI=1S/C16H24N4O5S/c1-11(2)14(20-5-3-7-26(20,24)25)15(21)19-9-12(16(22)23)8-18-6-4-17-13(18)10-19/h4,6,11-12,14H,3,5,7-10H2,1-2H3,(H,22,23). The normalized spacial score (nSPS) is 24.3. The number of rotatable bonds is 4. The van der Waals surface area contributed by atoms with E-state index in [1.165, 1.54) is 9.21 Å². The Morgan fingerprint density at radius 2 is 2.04 bits per heavy atom. The fourth-order valence-corrected chi connectivity index (χ4v) is 5.49. The van der Waals surface area contributed by atoms with Gasteiger partial charge in [0.15, 0.2) is 0 Å². The molecule has 0 radical (unpaired) electrons. The second-order valence-electron chi connectivity index (χ2n) is 7.22. The van der Waals surface area contributed by atoms with Crippen LogP contribution < -0.4 is 0 Å². The summed E-state index contributed by atoms with van der Waals surface area (Å²) in [4.78, 5) is 30.5. The maximum Gasteiger partial charge on any atom is 0.310 e. The predicted octanol–water partition coefficient (Wildman–Crippen LogP) is -0.0138. The van der Waals surface area contributed by atoms with Gasteiger partial charge in [0.1, 0.15) is 11.9 Å². The Kier molecular flexibility index (Phi) is 5.07. The van der Waals surface area contributed by atoms with Gasteiger partial charge in [-0.2, -0.15) is 4.31 Å². The van der Waals surface area contributed by atoms with Crippen LogP contribution in [-0.4, -0.2) is 69.0 Å². The molecule has 2 aliphatic rings. The summed E-state index contributed by atoms with van der Waals surface area (Å²) in [5, 5.41) is 9.49. The summed E-state index contributed by atoms with van der Waals surface area (Å²) in [7, 11) is -3.45. The maximum atomic E-state index is 13.3. The number of imidazole rings is 1. The first-order valence-corrected chi connectivity index (χ1v) is 10.3. The summed E-state index contributed by atoms with van der Waals surface area (Å²) in [6.45, 7) is 4.39. The van der Waals surface area contributed by atoms with Crippen molar-refractivity contribution in [1.29, 1.82) is 0 Å². The number of hydrogen-bond acceptors (Lipinski definition) is 5. The molecular formula is C16H24N4O5S. The first-order valence-electron chi connectivity index (χ1n) is 8.72. The van der Waals surface area contributed by atoms with Gasteiger partial charge < -0.3 is 14.6 Å². The number of carbonyl (C=O) groups is 2. The summed E-state index contributed by atoms with van der Waals surface area (Å²) < 4.78 is 27.7. The molecule has 0 spiro atoms. The first kappa shape index (κ1) is 18.8. The number of aromatic nitrogens is 2. The highest BCUT2D eigenvalue weighted by Gasteiger charge is 2.43. The molecule has 2 atom stereocenters. The molecule has 1 fully saturated rings. The Balaban J connectivity index is 1.92. The van der Waals surface area contributed by atoms with E-state index >= 15 is 0 Å². The van der Waals surface area contributed by atoms with Crippen LogP contribution in [0.15, 0.2) is 12.4 Å². The number of hydrogen-bond donors (Lipinski definition) is 1. The van der Waals surface area contributed by atoms with E-state index in [9.17, 15) is 23.1 Å². The molecule has 0 aliphatic carbocycles. The smallest absolute Gasteiger partial charge is 0.310 e. The second-order valence-corrected chi connectivity index (χ2v) is 9.26. The Labute approximate surface area is 152 Å². The van der Waals surface area contributed by atoms with Crippen molar-refractivity contribution in [2.45, 2.75) is 39.4 Å². The number of aliphatic carboxylic acids is 1. The predicted molar refractivity (Wildman–Crippen MR) is 92.5 cm³/mol. The van der Waals surface area contributed by atoms with Gasteiger partial charge in [0.05, 0.1) is 18.2 Å². The number of nitrogens with zero attached hydrogens (tertiary/aromatic N) is 4. The third-order valence-corrected chi connectivity index (χ3v) is 6.91. The lowest BCUT2D eigenvalue weighted by Gasteiger charge is -2.33. The van der Waals surface area contributed by atoms with Crippen LogP contribution in [0, 0.1) is 11.8 Å². The molecule has 26 heavy (non-hydrogen) atoms. The molecular weight excluding hydrogens is 360 g/mol. The van der Waals surface area contributed by atoms with Crippen molar-refractivity contribution >= 4 is 21.9 Å². The quantitative estimate of drug-likeness (QED) is 0.781. The van der Waals surface area contributed by atoms with Crippen LogP contribution in [0.4, 0.5) is 0 Å². The molecule has 10 heteroatoms. The van der Waals surface area contributed by atoms with Crippen LogP contribution >= 0.6 is 0 Å². The summed E-state index contributed by atoms with van der Waals surface area (Å²) in [6.07, 6.45) is 3.78. The van der Waals surface area contributed by atoms with Crippen molar-refractivity contribution in [2.75, 3.05) is 18.8 Å². The zero-order valence-corrected chi connectivity index (χ0v) is 15.7. The lowest BCUT2D eigenvalue weighted by atomic mass is 10.0. The van der Waals surface area contributed by atoms with Crippen LogP contribution in [-0.2, 0) is 32.7 Å². The topological polar surface area (TPSA) is 113 Å². The van der Waals surface area contributed by atoms with Crippen LogP contribution in [0.3, 0.4) is 0 Å². The molecule has 1 saturated heterocycles.